The van der Waals surface area contributed by atoms with E-state index in [1.807, 2.05) is 0 Å². The zero-order chi connectivity index (χ0) is 23.3. The molecule has 5 rings (SSSR count). The number of aromatic amines is 2. The average Bonchev–Trinajstić information content (AvgIpc) is 3.38. The predicted molar refractivity (Wildman–Crippen MR) is 113 cm³/mol. The molecule has 5 aromatic rings. The number of halogens is 3. The number of rotatable bonds is 4. The lowest BCUT2D eigenvalue weighted by Crippen LogP contribution is -2.20. The van der Waals surface area contributed by atoms with E-state index < -0.39 is 17.3 Å². The van der Waals surface area contributed by atoms with Crippen molar-refractivity contribution in [3.05, 3.63) is 87.6 Å². The average molecular weight is 452 g/mol. The molecular formula is C22H15F3N6O2. The highest BCUT2D eigenvalue weighted by atomic mass is 19.4. The van der Waals surface area contributed by atoms with E-state index in [4.69, 9.17) is 0 Å². The van der Waals surface area contributed by atoms with Crippen LogP contribution in [0.15, 0.2) is 53.8 Å². The number of imidazole rings is 1. The highest BCUT2D eigenvalue weighted by molar-refractivity contribution is 6.16. The summed E-state index contributed by atoms with van der Waals surface area (Å²) in [6, 6.07) is 5.90. The van der Waals surface area contributed by atoms with E-state index in [2.05, 4.69) is 24.9 Å². The number of alkyl halides is 3. The number of pyridine rings is 3. The number of fused-ring (bicyclic) bond motifs is 2. The first-order valence-electron chi connectivity index (χ1n) is 9.81. The molecule has 5 heterocycles. The van der Waals surface area contributed by atoms with Crippen molar-refractivity contribution in [2.75, 3.05) is 0 Å². The summed E-state index contributed by atoms with van der Waals surface area (Å²) in [6.07, 6.45) is 0.776. The van der Waals surface area contributed by atoms with Gasteiger partial charge in [0.25, 0.3) is 5.56 Å². The van der Waals surface area contributed by atoms with E-state index in [0.717, 1.165) is 6.07 Å². The molecule has 0 unspecified atom stereocenters. The largest absolute Gasteiger partial charge is 0.417 e. The van der Waals surface area contributed by atoms with Gasteiger partial charge in [-0.1, -0.05) is 0 Å². The highest BCUT2D eigenvalue weighted by Gasteiger charge is 2.31. The Morgan fingerprint density at radius 3 is 2.76 bits per heavy atom. The zero-order valence-corrected chi connectivity index (χ0v) is 17.1. The molecule has 0 aliphatic carbocycles. The Morgan fingerprint density at radius 2 is 2.00 bits per heavy atom. The van der Waals surface area contributed by atoms with E-state index in [0.29, 0.717) is 28.4 Å². The van der Waals surface area contributed by atoms with Crippen LogP contribution in [0.2, 0.25) is 0 Å². The molecule has 8 nitrogen and oxygen atoms in total. The molecule has 0 bridgehead atoms. The molecule has 0 aliphatic heterocycles. The molecule has 0 amide bonds. The first-order chi connectivity index (χ1) is 15.7. The van der Waals surface area contributed by atoms with Crippen LogP contribution in [-0.4, -0.2) is 35.3 Å². The molecule has 0 atom stereocenters. The minimum absolute atomic E-state index is 0.0174. The van der Waals surface area contributed by atoms with Crippen LogP contribution in [0.25, 0.3) is 22.1 Å². The summed E-state index contributed by atoms with van der Waals surface area (Å²) in [5.41, 5.74) is 0.539. The Balaban J connectivity index is 1.49. The van der Waals surface area contributed by atoms with Gasteiger partial charge in [-0.2, -0.15) is 13.2 Å². The summed E-state index contributed by atoms with van der Waals surface area (Å²) >= 11 is 0. The number of H-pyrrole nitrogens is 2. The van der Waals surface area contributed by atoms with Crippen molar-refractivity contribution in [2.45, 2.75) is 19.6 Å². The maximum Gasteiger partial charge on any atom is 0.417 e. The van der Waals surface area contributed by atoms with Crippen LogP contribution in [-0.2, 0) is 12.7 Å². The molecule has 0 radical (unpaired) electrons. The number of carbonyl (C=O) groups excluding carboxylic acids is 1. The van der Waals surface area contributed by atoms with Crippen molar-refractivity contribution in [1.29, 1.82) is 0 Å². The van der Waals surface area contributed by atoms with Crippen molar-refractivity contribution in [3.8, 4) is 0 Å². The van der Waals surface area contributed by atoms with Crippen LogP contribution in [0.3, 0.4) is 0 Å². The van der Waals surface area contributed by atoms with Gasteiger partial charge in [-0.15, -0.1) is 0 Å². The van der Waals surface area contributed by atoms with Gasteiger partial charge < -0.3 is 14.5 Å². The lowest BCUT2D eigenvalue weighted by atomic mass is 10.0. The van der Waals surface area contributed by atoms with Crippen molar-refractivity contribution in [1.82, 2.24) is 29.5 Å². The summed E-state index contributed by atoms with van der Waals surface area (Å²) in [6.45, 7) is 1.71. The first kappa shape index (κ1) is 20.6. The van der Waals surface area contributed by atoms with E-state index in [9.17, 15) is 22.8 Å². The number of carbonyl (C=O) groups is 1. The number of hydrogen-bond acceptors (Lipinski definition) is 5. The van der Waals surface area contributed by atoms with E-state index >= 15 is 0 Å². The molecule has 33 heavy (non-hydrogen) atoms. The van der Waals surface area contributed by atoms with Gasteiger partial charge in [0.1, 0.15) is 11.3 Å². The van der Waals surface area contributed by atoms with Gasteiger partial charge in [-0.05, 0) is 31.2 Å². The maximum absolute atomic E-state index is 13.0. The second kappa shape index (κ2) is 7.40. The van der Waals surface area contributed by atoms with Crippen molar-refractivity contribution < 1.29 is 18.0 Å². The van der Waals surface area contributed by atoms with E-state index in [1.165, 1.54) is 17.0 Å². The van der Waals surface area contributed by atoms with Gasteiger partial charge in [0.2, 0.25) is 0 Å². The number of aromatic nitrogens is 6. The third kappa shape index (κ3) is 3.56. The summed E-state index contributed by atoms with van der Waals surface area (Å²) in [7, 11) is 0. The fourth-order valence-corrected chi connectivity index (χ4v) is 3.68. The summed E-state index contributed by atoms with van der Waals surface area (Å²) in [5.74, 6) is 0.0138. The topological polar surface area (TPSA) is 109 Å². The molecule has 0 saturated carbocycles. The Kier molecular flexibility index (Phi) is 4.62. The maximum atomic E-state index is 13.0. The molecule has 11 heteroatoms. The standard InChI is InChI=1S/C22H15F3N6O2/c1-11-13(3-2-5-26-11)19(32)15-9-27-18-14(15)4-6-31(21(18)33)10-17-29-16-7-12(22(23,24)25)8-28-20(16)30-17/h2-9,27H,10H2,1H3,(H,28,29,30). The van der Waals surface area contributed by atoms with E-state index in [1.54, 1.807) is 31.3 Å². The third-order valence-corrected chi connectivity index (χ3v) is 5.35. The van der Waals surface area contributed by atoms with Crippen LogP contribution in [0.1, 0.15) is 33.0 Å². The van der Waals surface area contributed by atoms with Gasteiger partial charge in [0.05, 0.1) is 17.6 Å². The monoisotopic (exact) mass is 452 g/mol. The molecule has 0 aromatic carbocycles. The Labute approximate surface area is 183 Å². The summed E-state index contributed by atoms with van der Waals surface area (Å²) < 4.78 is 40.1. The number of ketones is 1. The lowest BCUT2D eigenvalue weighted by molar-refractivity contribution is -0.137. The Bertz CT molecular complexity index is 1600. The van der Waals surface area contributed by atoms with Crippen LogP contribution < -0.4 is 5.56 Å². The molecule has 166 valence electrons. The number of aryl methyl sites for hydroxylation is 1. The van der Waals surface area contributed by atoms with Gasteiger partial charge in [-0.3, -0.25) is 14.6 Å². The van der Waals surface area contributed by atoms with Gasteiger partial charge in [0.15, 0.2) is 11.4 Å². The van der Waals surface area contributed by atoms with Crippen LogP contribution in [0.4, 0.5) is 13.2 Å². The highest BCUT2D eigenvalue weighted by Crippen LogP contribution is 2.30. The fraction of sp³-hybridized carbons (Fsp3) is 0.136. The van der Waals surface area contributed by atoms with Crippen molar-refractivity contribution in [2.24, 2.45) is 0 Å². The smallest absolute Gasteiger partial charge is 0.356 e. The zero-order valence-electron chi connectivity index (χ0n) is 17.1. The van der Waals surface area contributed by atoms with Gasteiger partial charge in [0, 0.05) is 47.0 Å². The third-order valence-electron chi connectivity index (χ3n) is 5.35. The van der Waals surface area contributed by atoms with E-state index in [-0.39, 0.29) is 34.8 Å². The molecule has 0 saturated heterocycles. The number of nitrogens with one attached hydrogen (secondary N) is 2. The molecular weight excluding hydrogens is 437 g/mol. The minimum Gasteiger partial charge on any atom is -0.356 e. The van der Waals surface area contributed by atoms with Crippen LogP contribution in [0, 0.1) is 6.92 Å². The van der Waals surface area contributed by atoms with Crippen molar-refractivity contribution >= 4 is 27.9 Å². The molecule has 0 aliphatic rings. The number of nitrogens with zero attached hydrogens (tertiary/aromatic N) is 4. The molecule has 0 spiro atoms. The SMILES string of the molecule is Cc1ncccc1C(=O)c1c[nH]c2c(=O)n(Cc3nc4ncc(C(F)(F)F)cc4[nH]3)ccc12. The molecule has 0 fully saturated rings. The van der Waals surface area contributed by atoms with Crippen molar-refractivity contribution in [3.63, 3.8) is 0 Å². The quantitative estimate of drug-likeness (QED) is 0.405. The lowest BCUT2D eigenvalue weighted by Gasteiger charge is -2.05. The minimum atomic E-state index is -4.52. The van der Waals surface area contributed by atoms with Gasteiger partial charge >= 0.3 is 6.18 Å². The summed E-state index contributed by atoms with van der Waals surface area (Å²) in [5, 5.41) is 0.464. The normalized spacial score (nSPS) is 12.0. The number of hydrogen-bond donors (Lipinski definition) is 2. The molecule has 2 N–H and O–H groups in total. The first-order valence-corrected chi connectivity index (χ1v) is 9.81. The molecule has 5 aromatic heterocycles. The predicted octanol–water partition coefficient (Wildman–Crippen LogP) is 3.60. The van der Waals surface area contributed by atoms with Crippen LogP contribution in [0.5, 0.6) is 0 Å². The second-order valence-corrected chi connectivity index (χ2v) is 7.48. The Morgan fingerprint density at radius 1 is 1.18 bits per heavy atom. The Hall–Kier alpha value is -4.28. The van der Waals surface area contributed by atoms with Crippen LogP contribution >= 0.6 is 0 Å². The van der Waals surface area contributed by atoms with Gasteiger partial charge in [-0.25, -0.2) is 9.97 Å². The second-order valence-electron chi connectivity index (χ2n) is 7.48. The fourth-order valence-electron chi connectivity index (χ4n) is 3.68. The summed E-state index contributed by atoms with van der Waals surface area (Å²) in [4.78, 5) is 43.6.